The molecule has 1 aliphatic carbocycles. The van der Waals surface area contributed by atoms with Crippen LogP contribution >= 0.6 is 12.8 Å². The SMILES string of the molecule is COc1cccc2c1OC[C@@H]1Cn3c-2c(C2CCCCC2)c2ccc(cc23)CN(S)N(C)C(C)N(C)C1C(=O)C1OO1. The third-order valence-corrected chi connectivity index (χ3v) is 10.3. The number of likely N-dealkylation sites (N-methyl/N-ethyl adjacent to an activating group) is 1. The van der Waals surface area contributed by atoms with E-state index in [4.69, 9.17) is 32.1 Å². The van der Waals surface area contributed by atoms with Crippen LogP contribution in [0.25, 0.3) is 22.2 Å². The number of ether oxygens (including phenoxy) is 2. The first-order chi connectivity index (χ1) is 20.4. The molecule has 1 saturated carbocycles. The van der Waals surface area contributed by atoms with Crippen molar-refractivity contribution in [3.8, 4) is 22.8 Å². The van der Waals surface area contributed by atoms with Gasteiger partial charge in [0.05, 0.1) is 31.6 Å². The van der Waals surface area contributed by atoms with Crippen LogP contribution < -0.4 is 9.47 Å². The minimum Gasteiger partial charge on any atom is -0.493 e. The Bertz CT molecular complexity index is 1500. The maximum absolute atomic E-state index is 13.9. The lowest BCUT2D eigenvalue weighted by Gasteiger charge is -2.43. The Labute approximate surface area is 252 Å². The molecular weight excluding hydrogens is 552 g/mol. The van der Waals surface area contributed by atoms with Gasteiger partial charge >= 0.3 is 0 Å². The summed E-state index contributed by atoms with van der Waals surface area (Å²) < 4.78 is 16.9. The van der Waals surface area contributed by atoms with E-state index in [1.54, 1.807) is 7.11 Å². The van der Waals surface area contributed by atoms with Gasteiger partial charge in [-0.25, -0.2) is 5.01 Å². The molecule has 0 N–H and O–H groups in total. The summed E-state index contributed by atoms with van der Waals surface area (Å²) in [5.74, 6) is 1.59. The van der Waals surface area contributed by atoms with Crippen molar-refractivity contribution in [1.29, 1.82) is 0 Å². The molecule has 2 unspecified atom stereocenters. The molecule has 4 bridgehead atoms. The molecule has 1 aromatic heterocycles. The van der Waals surface area contributed by atoms with Gasteiger partial charge in [0, 0.05) is 42.5 Å². The highest BCUT2D eigenvalue weighted by molar-refractivity contribution is 7.77. The predicted octanol–water partition coefficient (Wildman–Crippen LogP) is 5.38. The number of hydrogen-bond donors (Lipinski definition) is 1. The molecule has 9 nitrogen and oxygen atoms in total. The van der Waals surface area contributed by atoms with E-state index in [0.29, 0.717) is 31.4 Å². The van der Waals surface area contributed by atoms with E-state index in [1.165, 1.54) is 59.8 Å². The largest absolute Gasteiger partial charge is 0.493 e. The monoisotopic (exact) mass is 592 g/mol. The number of Topliss-reactive ketones (excluding diaryl/α,β-unsaturated/α-hetero) is 1. The van der Waals surface area contributed by atoms with E-state index in [9.17, 15) is 4.79 Å². The summed E-state index contributed by atoms with van der Waals surface area (Å²) in [6.45, 7) is 3.66. The number of carbonyl (C=O) groups is 1. The van der Waals surface area contributed by atoms with Gasteiger partial charge in [0.15, 0.2) is 11.5 Å². The van der Waals surface area contributed by atoms with Crippen LogP contribution in [0.2, 0.25) is 0 Å². The highest BCUT2D eigenvalue weighted by Gasteiger charge is 2.47. The van der Waals surface area contributed by atoms with Crippen molar-refractivity contribution >= 4 is 29.5 Å². The lowest BCUT2D eigenvalue weighted by atomic mass is 9.81. The fourth-order valence-corrected chi connectivity index (χ4v) is 7.79. The molecule has 7 rings (SSSR count). The number of aromatic nitrogens is 1. The molecule has 1 saturated heterocycles. The summed E-state index contributed by atoms with van der Waals surface area (Å²) in [5, 5.41) is 3.34. The van der Waals surface area contributed by atoms with Gasteiger partial charge in [-0.15, -0.1) is 0 Å². The second-order valence-electron chi connectivity index (χ2n) is 12.2. The molecule has 4 heterocycles. The van der Waals surface area contributed by atoms with E-state index in [-0.39, 0.29) is 17.9 Å². The first-order valence-electron chi connectivity index (χ1n) is 15.1. The van der Waals surface area contributed by atoms with Crippen molar-refractivity contribution in [2.24, 2.45) is 5.92 Å². The predicted molar refractivity (Wildman–Crippen MR) is 163 cm³/mol. The lowest BCUT2D eigenvalue weighted by molar-refractivity contribution is -0.133. The second kappa shape index (κ2) is 11.2. The number of benzene rings is 2. The highest BCUT2D eigenvalue weighted by Crippen LogP contribution is 2.49. The molecule has 3 aromatic rings. The molecule has 42 heavy (non-hydrogen) atoms. The maximum Gasteiger partial charge on any atom is 0.283 e. The molecule has 3 atom stereocenters. The van der Waals surface area contributed by atoms with Crippen LogP contribution in [0.15, 0.2) is 36.4 Å². The summed E-state index contributed by atoms with van der Waals surface area (Å²) >= 11 is 4.88. The van der Waals surface area contributed by atoms with Crippen molar-refractivity contribution in [3.63, 3.8) is 0 Å². The average molecular weight is 593 g/mol. The number of para-hydroxylation sites is 1. The fraction of sp³-hybridized carbons (Fsp3) is 0.531. The van der Waals surface area contributed by atoms with Crippen LogP contribution in [0, 0.1) is 5.92 Å². The minimum absolute atomic E-state index is 0.0962. The van der Waals surface area contributed by atoms with Gasteiger partial charge < -0.3 is 14.0 Å². The molecule has 0 amide bonds. The molecule has 0 spiro atoms. The number of hydrazine groups is 1. The fourth-order valence-electron chi connectivity index (χ4n) is 7.48. The van der Waals surface area contributed by atoms with Crippen molar-refractivity contribution in [2.75, 3.05) is 27.8 Å². The van der Waals surface area contributed by atoms with Gasteiger partial charge in [-0.05, 0) is 62.1 Å². The number of fused-ring (bicyclic) bond motifs is 4. The molecule has 10 heteroatoms. The third-order valence-electron chi connectivity index (χ3n) is 9.91. The van der Waals surface area contributed by atoms with Crippen molar-refractivity contribution in [2.45, 2.75) is 76.5 Å². The van der Waals surface area contributed by atoms with Gasteiger partial charge in [0.25, 0.3) is 6.29 Å². The van der Waals surface area contributed by atoms with E-state index < -0.39 is 12.3 Å². The van der Waals surface area contributed by atoms with Gasteiger partial charge in [-0.1, -0.05) is 50.3 Å². The Hall–Kier alpha value is -2.60. The quantitative estimate of drug-likeness (QED) is 0.246. The van der Waals surface area contributed by atoms with Crippen LogP contribution in [-0.4, -0.2) is 71.0 Å². The number of carbonyl (C=O) groups excluding carboxylic acids is 1. The van der Waals surface area contributed by atoms with Gasteiger partial charge in [-0.2, -0.15) is 14.2 Å². The van der Waals surface area contributed by atoms with Gasteiger partial charge in [0.2, 0.25) is 5.78 Å². The number of ketones is 1. The molecule has 2 fully saturated rings. The normalized spacial score (nSPS) is 26.3. The summed E-state index contributed by atoms with van der Waals surface area (Å²) in [6.07, 6.45) is 5.10. The molecule has 4 aliphatic rings. The summed E-state index contributed by atoms with van der Waals surface area (Å²) in [6, 6.07) is 12.5. The Morgan fingerprint density at radius 3 is 2.60 bits per heavy atom. The lowest BCUT2D eigenvalue weighted by Crippen LogP contribution is -2.57. The van der Waals surface area contributed by atoms with Gasteiger partial charge in [0.1, 0.15) is 0 Å². The topological polar surface area (TPSA) is 75.2 Å². The van der Waals surface area contributed by atoms with Crippen LogP contribution in [0.1, 0.15) is 56.1 Å². The van der Waals surface area contributed by atoms with Crippen LogP contribution in [0.5, 0.6) is 11.5 Å². The van der Waals surface area contributed by atoms with Crippen molar-refractivity contribution < 1.29 is 24.0 Å². The molecule has 3 aliphatic heterocycles. The van der Waals surface area contributed by atoms with E-state index in [0.717, 1.165) is 11.3 Å². The van der Waals surface area contributed by atoms with Gasteiger partial charge in [-0.3, -0.25) is 9.69 Å². The Balaban J connectivity index is 1.52. The molecular formula is C32H40N4O5S. The first-order valence-corrected chi connectivity index (χ1v) is 15.5. The van der Waals surface area contributed by atoms with E-state index >= 15 is 0 Å². The standard InChI is InChI=1S/C32H40N4O5S/c1-19-33(2)28(30(37)32-40-41-32)22-17-35-25-15-20(16-36(42)34(19)3)13-14-23(25)27(21-9-6-5-7-10-21)29(35)24-11-8-12-26(38-4)31(24)39-18-22/h8,11-15,19,21-22,28,32,42H,5-7,9-10,16-18H2,1-4H3/t19?,22-,28?/m0/s1. The number of methoxy groups -OCH3 is 1. The zero-order valence-corrected chi connectivity index (χ0v) is 25.7. The molecule has 224 valence electrons. The van der Waals surface area contributed by atoms with Crippen molar-refractivity contribution in [3.05, 3.63) is 47.5 Å². The van der Waals surface area contributed by atoms with Crippen LogP contribution in [0.4, 0.5) is 0 Å². The Kier molecular flexibility index (Phi) is 7.48. The van der Waals surface area contributed by atoms with E-state index in [1.807, 2.05) is 24.6 Å². The first kappa shape index (κ1) is 28.2. The molecule has 0 radical (unpaired) electrons. The second-order valence-corrected chi connectivity index (χ2v) is 12.7. The Morgan fingerprint density at radius 1 is 1.07 bits per heavy atom. The van der Waals surface area contributed by atoms with Crippen LogP contribution in [-0.2, 0) is 27.7 Å². The van der Waals surface area contributed by atoms with E-state index in [2.05, 4.69) is 51.7 Å². The third kappa shape index (κ3) is 4.73. The average Bonchev–Trinajstić information content (AvgIpc) is 3.81. The molecule has 2 aromatic carbocycles. The zero-order valence-electron chi connectivity index (χ0n) is 24.8. The number of thiol groups is 1. The smallest absolute Gasteiger partial charge is 0.283 e. The zero-order chi connectivity index (χ0) is 29.1. The number of nitrogens with zero attached hydrogens (tertiary/aromatic N) is 4. The highest BCUT2D eigenvalue weighted by atomic mass is 32.1. The Morgan fingerprint density at radius 2 is 1.86 bits per heavy atom. The minimum atomic E-state index is -0.854. The maximum atomic E-state index is 13.9. The summed E-state index contributed by atoms with van der Waals surface area (Å²) in [5.41, 5.74) is 6.00. The van der Waals surface area contributed by atoms with Crippen LogP contribution in [0.3, 0.4) is 0 Å². The number of rotatable bonds is 4. The summed E-state index contributed by atoms with van der Waals surface area (Å²) in [4.78, 5) is 26.2. The number of hydrogen-bond acceptors (Lipinski definition) is 9. The van der Waals surface area contributed by atoms with Crippen molar-refractivity contribution in [1.82, 2.24) is 18.9 Å². The summed E-state index contributed by atoms with van der Waals surface area (Å²) in [7, 11) is 5.68.